The summed E-state index contributed by atoms with van der Waals surface area (Å²) in [5.41, 5.74) is 4.10. The Morgan fingerprint density at radius 3 is 2.71 bits per heavy atom. The van der Waals surface area contributed by atoms with Crippen LogP contribution in [0.1, 0.15) is 29.5 Å². The number of aryl methyl sites for hydroxylation is 1. The lowest BCUT2D eigenvalue weighted by Gasteiger charge is -2.11. The lowest BCUT2D eigenvalue weighted by atomic mass is 10.1. The summed E-state index contributed by atoms with van der Waals surface area (Å²) in [6.45, 7) is 3.11. The van der Waals surface area contributed by atoms with E-state index < -0.39 is 0 Å². The average molecular weight is 318 g/mol. The highest BCUT2D eigenvalue weighted by atomic mass is 35.5. The van der Waals surface area contributed by atoms with Crippen molar-refractivity contribution in [3.63, 3.8) is 0 Å². The smallest absolute Gasteiger partial charge is 0.0417 e. The van der Waals surface area contributed by atoms with Gasteiger partial charge in [0.05, 0.1) is 0 Å². The summed E-state index contributed by atoms with van der Waals surface area (Å²) in [6, 6.07) is 15.5. The number of thioether (sulfide) groups is 1. The van der Waals surface area contributed by atoms with Crippen molar-refractivity contribution in [3.05, 3.63) is 64.2 Å². The maximum atomic E-state index is 6.17. The van der Waals surface area contributed by atoms with Crippen LogP contribution in [0.4, 0.5) is 0 Å². The Balaban J connectivity index is 1.70. The molecule has 0 atom stereocenters. The minimum Gasteiger partial charge on any atom is -0.310 e. The van der Waals surface area contributed by atoms with Crippen LogP contribution in [-0.4, -0.2) is 6.04 Å². The third kappa shape index (κ3) is 4.26. The van der Waals surface area contributed by atoms with Gasteiger partial charge in [-0.25, -0.2) is 0 Å². The first-order valence-electron chi connectivity index (χ1n) is 7.41. The van der Waals surface area contributed by atoms with Gasteiger partial charge in [0.2, 0.25) is 0 Å². The number of nitrogens with one attached hydrogen (secondary N) is 1. The molecule has 1 N–H and O–H groups in total. The molecular weight excluding hydrogens is 298 g/mol. The van der Waals surface area contributed by atoms with Crippen LogP contribution in [0.15, 0.2) is 47.4 Å². The Bertz CT molecular complexity index is 622. The number of hydrogen-bond acceptors (Lipinski definition) is 2. The van der Waals surface area contributed by atoms with Crippen LogP contribution < -0.4 is 5.32 Å². The third-order valence-electron chi connectivity index (χ3n) is 3.83. The van der Waals surface area contributed by atoms with Crippen molar-refractivity contribution >= 4 is 23.4 Å². The monoisotopic (exact) mass is 317 g/mol. The van der Waals surface area contributed by atoms with E-state index in [-0.39, 0.29) is 0 Å². The van der Waals surface area contributed by atoms with Crippen LogP contribution in [0, 0.1) is 6.92 Å². The van der Waals surface area contributed by atoms with Crippen LogP contribution in [0.2, 0.25) is 5.02 Å². The number of rotatable bonds is 6. The van der Waals surface area contributed by atoms with Crippen molar-refractivity contribution in [1.82, 2.24) is 5.32 Å². The number of benzene rings is 2. The van der Waals surface area contributed by atoms with Crippen LogP contribution >= 0.6 is 23.4 Å². The standard InChI is InChI=1S/C18H20ClNS/c1-13-4-2-3-5-15(13)12-21-18-10-16(19)7-6-14(18)11-20-17-8-9-17/h2-7,10,17,20H,8-9,11-12H2,1H3. The molecule has 3 heteroatoms. The molecule has 0 spiro atoms. The fourth-order valence-electron chi connectivity index (χ4n) is 2.28. The van der Waals surface area contributed by atoms with Crippen molar-refractivity contribution in [2.24, 2.45) is 0 Å². The molecule has 0 radical (unpaired) electrons. The van der Waals surface area contributed by atoms with E-state index >= 15 is 0 Å². The molecule has 0 amide bonds. The first kappa shape index (κ1) is 15.0. The zero-order chi connectivity index (χ0) is 14.7. The Kier molecular flexibility index (Phi) is 4.89. The first-order chi connectivity index (χ1) is 10.2. The van der Waals surface area contributed by atoms with Crippen LogP contribution in [-0.2, 0) is 12.3 Å². The van der Waals surface area contributed by atoms with Crippen molar-refractivity contribution in [1.29, 1.82) is 0 Å². The Labute approximate surface area is 136 Å². The maximum Gasteiger partial charge on any atom is 0.0417 e. The van der Waals surface area contributed by atoms with E-state index in [1.54, 1.807) is 0 Å². The van der Waals surface area contributed by atoms with Gasteiger partial charge in [-0.1, -0.05) is 41.9 Å². The molecule has 110 valence electrons. The fraction of sp³-hybridized carbons (Fsp3) is 0.333. The van der Waals surface area contributed by atoms with Crippen molar-refractivity contribution in [2.45, 2.75) is 43.0 Å². The first-order valence-corrected chi connectivity index (χ1v) is 8.78. The molecule has 0 bridgehead atoms. The second kappa shape index (κ2) is 6.87. The predicted octanol–water partition coefficient (Wildman–Crippen LogP) is 5.19. The zero-order valence-electron chi connectivity index (χ0n) is 12.2. The molecule has 1 saturated carbocycles. The molecule has 0 unspecified atom stereocenters. The van der Waals surface area contributed by atoms with Crippen LogP contribution in [0.5, 0.6) is 0 Å². The molecule has 1 fully saturated rings. The third-order valence-corrected chi connectivity index (χ3v) is 5.21. The van der Waals surface area contributed by atoms with Gasteiger partial charge >= 0.3 is 0 Å². The number of hydrogen-bond donors (Lipinski definition) is 1. The molecule has 2 aromatic rings. The molecule has 1 aliphatic carbocycles. The van der Waals surface area contributed by atoms with Crippen molar-refractivity contribution < 1.29 is 0 Å². The topological polar surface area (TPSA) is 12.0 Å². The highest BCUT2D eigenvalue weighted by molar-refractivity contribution is 7.98. The van der Waals surface area contributed by atoms with Crippen LogP contribution in [0.3, 0.4) is 0 Å². The van der Waals surface area contributed by atoms with Crippen molar-refractivity contribution in [2.75, 3.05) is 0 Å². The van der Waals surface area contributed by atoms with E-state index in [2.05, 4.69) is 48.6 Å². The van der Waals surface area contributed by atoms with E-state index in [0.29, 0.717) is 0 Å². The van der Waals surface area contributed by atoms with Gasteiger partial charge in [-0.3, -0.25) is 0 Å². The van der Waals surface area contributed by atoms with E-state index in [4.69, 9.17) is 11.6 Å². The summed E-state index contributed by atoms with van der Waals surface area (Å²) < 4.78 is 0. The van der Waals surface area contributed by atoms with E-state index in [1.165, 1.54) is 34.4 Å². The Morgan fingerprint density at radius 2 is 1.95 bits per heavy atom. The highest BCUT2D eigenvalue weighted by Crippen LogP contribution is 2.30. The summed E-state index contributed by atoms with van der Waals surface area (Å²) in [7, 11) is 0. The van der Waals surface area contributed by atoms with Gasteiger partial charge in [-0.05, 0) is 48.6 Å². The van der Waals surface area contributed by atoms with E-state index in [9.17, 15) is 0 Å². The van der Waals surface area contributed by atoms with Gasteiger partial charge in [-0.15, -0.1) is 11.8 Å². The zero-order valence-corrected chi connectivity index (χ0v) is 13.8. The molecule has 21 heavy (non-hydrogen) atoms. The lowest BCUT2D eigenvalue weighted by molar-refractivity contribution is 0.680. The lowest BCUT2D eigenvalue weighted by Crippen LogP contribution is -2.15. The molecule has 0 heterocycles. The quantitative estimate of drug-likeness (QED) is 0.736. The summed E-state index contributed by atoms with van der Waals surface area (Å²) in [6.07, 6.45) is 2.64. The SMILES string of the molecule is Cc1ccccc1CSc1cc(Cl)ccc1CNC1CC1. The molecule has 0 saturated heterocycles. The summed E-state index contributed by atoms with van der Waals surface area (Å²) in [5, 5.41) is 4.40. The Hall–Kier alpha value is -0.960. The van der Waals surface area contributed by atoms with Gasteiger partial charge in [-0.2, -0.15) is 0 Å². The normalized spacial score (nSPS) is 14.4. The number of halogens is 1. The second-order valence-electron chi connectivity index (χ2n) is 5.62. The minimum atomic E-state index is 0.731. The summed E-state index contributed by atoms with van der Waals surface area (Å²) in [5.74, 6) is 0.990. The van der Waals surface area contributed by atoms with Gasteiger partial charge in [0.15, 0.2) is 0 Å². The van der Waals surface area contributed by atoms with Gasteiger partial charge in [0.1, 0.15) is 0 Å². The summed E-state index contributed by atoms with van der Waals surface area (Å²) >= 11 is 8.05. The molecule has 1 nitrogen and oxygen atoms in total. The maximum absolute atomic E-state index is 6.17. The Morgan fingerprint density at radius 1 is 1.14 bits per heavy atom. The van der Waals surface area contributed by atoms with E-state index in [0.717, 1.165) is 23.4 Å². The fourth-order valence-corrected chi connectivity index (χ4v) is 3.69. The predicted molar refractivity (Wildman–Crippen MR) is 92.1 cm³/mol. The molecule has 0 aliphatic heterocycles. The minimum absolute atomic E-state index is 0.731. The molecule has 3 rings (SSSR count). The molecule has 2 aromatic carbocycles. The molecular formula is C18H20ClNS. The van der Waals surface area contributed by atoms with Gasteiger partial charge in [0.25, 0.3) is 0 Å². The summed E-state index contributed by atoms with van der Waals surface area (Å²) in [4.78, 5) is 1.29. The van der Waals surface area contributed by atoms with Crippen LogP contribution in [0.25, 0.3) is 0 Å². The second-order valence-corrected chi connectivity index (χ2v) is 7.08. The van der Waals surface area contributed by atoms with E-state index in [1.807, 2.05) is 17.8 Å². The molecule has 0 aromatic heterocycles. The molecule has 1 aliphatic rings. The highest BCUT2D eigenvalue weighted by Gasteiger charge is 2.20. The van der Waals surface area contributed by atoms with Gasteiger partial charge in [0, 0.05) is 28.3 Å². The van der Waals surface area contributed by atoms with Crippen molar-refractivity contribution in [3.8, 4) is 0 Å². The largest absolute Gasteiger partial charge is 0.310 e. The average Bonchev–Trinajstić information content (AvgIpc) is 3.30. The van der Waals surface area contributed by atoms with Gasteiger partial charge < -0.3 is 5.32 Å².